The van der Waals surface area contributed by atoms with Crippen LogP contribution in [0.3, 0.4) is 0 Å². The van der Waals surface area contributed by atoms with Crippen LogP contribution in [0.2, 0.25) is 0 Å². The van der Waals surface area contributed by atoms with Gasteiger partial charge < -0.3 is 5.32 Å². The second-order valence-electron chi connectivity index (χ2n) is 6.21. The van der Waals surface area contributed by atoms with Gasteiger partial charge in [0.15, 0.2) is 0 Å². The van der Waals surface area contributed by atoms with Gasteiger partial charge in [-0.2, -0.15) is 0 Å². The summed E-state index contributed by atoms with van der Waals surface area (Å²) in [5.41, 5.74) is -1.10. The number of hydrogen-bond donors (Lipinski definition) is 2. The van der Waals surface area contributed by atoms with Crippen LogP contribution in [0.4, 0.5) is 0 Å². The predicted molar refractivity (Wildman–Crippen MR) is 83.4 cm³/mol. The van der Waals surface area contributed by atoms with E-state index in [2.05, 4.69) is 17.0 Å². The van der Waals surface area contributed by atoms with E-state index in [9.17, 15) is 18.0 Å². The van der Waals surface area contributed by atoms with Crippen molar-refractivity contribution in [3.05, 3.63) is 12.2 Å². The van der Waals surface area contributed by atoms with E-state index < -0.39 is 26.7 Å². The third-order valence-corrected chi connectivity index (χ3v) is 5.93. The van der Waals surface area contributed by atoms with Gasteiger partial charge in [0.25, 0.3) is 5.91 Å². The SMILES string of the molecule is CCCCC=CC1CC1(NC(C)=O)C(=O)NS(=O)(=O)C1CC1. The highest BCUT2D eigenvalue weighted by Crippen LogP contribution is 2.45. The van der Waals surface area contributed by atoms with Gasteiger partial charge in [-0.1, -0.05) is 31.9 Å². The molecule has 0 aromatic carbocycles. The molecule has 0 aromatic heterocycles. The van der Waals surface area contributed by atoms with Gasteiger partial charge in [0.05, 0.1) is 5.25 Å². The van der Waals surface area contributed by atoms with E-state index in [-0.39, 0.29) is 11.8 Å². The Morgan fingerprint density at radius 1 is 1.32 bits per heavy atom. The summed E-state index contributed by atoms with van der Waals surface area (Å²) < 4.78 is 26.0. The van der Waals surface area contributed by atoms with E-state index >= 15 is 0 Å². The molecule has 6 nitrogen and oxygen atoms in total. The molecule has 0 spiro atoms. The molecule has 2 N–H and O–H groups in total. The smallest absolute Gasteiger partial charge is 0.259 e. The fourth-order valence-corrected chi connectivity index (χ4v) is 3.92. The lowest BCUT2D eigenvalue weighted by Crippen LogP contribution is -2.51. The van der Waals surface area contributed by atoms with Crippen LogP contribution >= 0.6 is 0 Å². The summed E-state index contributed by atoms with van der Waals surface area (Å²) in [6.45, 7) is 3.43. The summed E-state index contributed by atoms with van der Waals surface area (Å²) in [4.78, 5) is 23.7. The van der Waals surface area contributed by atoms with Crippen LogP contribution in [0, 0.1) is 5.92 Å². The third kappa shape index (κ3) is 3.88. The highest BCUT2D eigenvalue weighted by atomic mass is 32.2. The first kappa shape index (κ1) is 17.0. The first-order valence-corrected chi connectivity index (χ1v) is 9.38. The number of amides is 2. The Labute approximate surface area is 131 Å². The van der Waals surface area contributed by atoms with Gasteiger partial charge in [-0.3, -0.25) is 14.3 Å². The Balaban J connectivity index is 2.02. The number of unbranched alkanes of at least 4 members (excludes halogenated alkanes) is 2. The van der Waals surface area contributed by atoms with E-state index in [1.165, 1.54) is 6.92 Å². The molecule has 2 aliphatic carbocycles. The molecule has 124 valence electrons. The Morgan fingerprint density at radius 2 is 2.00 bits per heavy atom. The molecular formula is C15H24N2O4S. The molecule has 0 saturated heterocycles. The molecule has 2 rings (SSSR count). The van der Waals surface area contributed by atoms with Crippen molar-refractivity contribution in [3.8, 4) is 0 Å². The summed E-state index contributed by atoms with van der Waals surface area (Å²) >= 11 is 0. The first-order chi connectivity index (χ1) is 10.3. The molecule has 2 unspecified atom stereocenters. The molecule has 0 aromatic rings. The van der Waals surface area contributed by atoms with E-state index in [0.29, 0.717) is 19.3 Å². The second kappa shape index (κ2) is 6.40. The van der Waals surface area contributed by atoms with Crippen LogP contribution in [-0.4, -0.2) is 31.0 Å². The molecule has 2 amide bonds. The second-order valence-corrected chi connectivity index (χ2v) is 8.17. The number of sulfonamides is 1. The van der Waals surface area contributed by atoms with Crippen molar-refractivity contribution in [1.29, 1.82) is 0 Å². The topological polar surface area (TPSA) is 92.3 Å². The summed E-state index contributed by atoms with van der Waals surface area (Å²) in [6.07, 6.45) is 8.62. The largest absolute Gasteiger partial charge is 0.341 e. The van der Waals surface area contributed by atoms with Crippen molar-refractivity contribution in [3.63, 3.8) is 0 Å². The molecule has 0 aliphatic heterocycles. The molecule has 22 heavy (non-hydrogen) atoms. The number of nitrogens with one attached hydrogen (secondary N) is 2. The van der Waals surface area contributed by atoms with Gasteiger partial charge in [-0.15, -0.1) is 0 Å². The highest BCUT2D eigenvalue weighted by molar-refractivity contribution is 7.90. The molecule has 2 aliphatic rings. The molecular weight excluding hydrogens is 304 g/mol. The van der Waals surface area contributed by atoms with Crippen LogP contribution in [0.15, 0.2) is 12.2 Å². The first-order valence-electron chi connectivity index (χ1n) is 7.83. The summed E-state index contributed by atoms with van der Waals surface area (Å²) in [6, 6.07) is 0. The molecule has 2 atom stereocenters. The van der Waals surface area contributed by atoms with E-state index in [4.69, 9.17) is 0 Å². The Kier molecular flexibility index (Phi) is 4.94. The predicted octanol–water partition coefficient (Wildman–Crippen LogP) is 1.24. The average molecular weight is 328 g/mol. The fraction of sp³-hybridized carbons (Fsp3) is 0.733. The van der Waals surface area contributed by atoms with Crippen molar-refractivity contribution >= 4 is 21.8 Å². The molecule has 7 heteroatoms. The van der Waals surface area contributed by atoms with Crippen molar-refractivity contribution in [2.45, 2.75) is 63.2 Å². The van der Waals surface area contributed by atoms with Crippen molar-refractivity contribution in [2.75, 3.05) is 0 Å². The molecule has 2 fully saturated rings. The molecule has 2 saturated carbocycles. The van der Waals surface area contributed by atoms with Crippen LogP contribution in [-0.2, 0) is 19.6 Å². The zero-order valence-corrected chi connectivity index (χ0v) is 13.9. The quantitative estimate of drug-likeness (QED) is 0.518. The van der Waals surface area contributed by atoms with Crippen LogP contribution in [0.1, 0.15) is 52.4 Å². The lowest BCUT2D eigenvalue weighted by Gasteiger charge is -2.17. The van der Waals surface area contributed by atoms with Crippen LogP contribution < -0.4 is 10.0 Å². The minimum atomic E-state index is -3.59. The molecule has 0 heterocycles. The minimum Gasteiger partial charge on any atom is -0.341 e. The zero-order chi connectivity index (χ0) is 16.4. The Morgan fingerprint density at radius 3 is 2.55 bits per heavy atom. The number of carbonyl (C=O) groups is 2. The maximum atomic E-state index is 12.4. The molecule has 0 radical (unpaired) electrons. The Bertz CT molecular complexity index is 580. The van der Waals surface area contributed by atoms with Gasteiger partial charge in [-0.25, -0.2) is 8.42 Å². The number of hydrogen-bond acceptors (Lipinski definition) is 4. The van der Waals surface area contributed by atoms with Crippen molar-refractivity contribution in [1.82, 2.24) is 10.0 Å². The standard InChI is InChI=1S/C15H24N2O4S/c1-3-4-5-6-7-12-10-15(12,16-11(2)18)14(19)17-22(20,21)13-8-9-13/h6-7,12-13H,3-5,8-10H2,1-2H3,(H,16,18)(H,17,19). The van der Waals surface area contributed by atoms with Crippen LogP contribution in [0.5, 0.6) is 0 Å². The number of rotatable bonds is 8. The van der Waals surface area contributed by atoms with Crippen molar-refractivity contribution in [2.24, 2.45) is 5.92 Å². The number of allylic oxidation sites excluding steroid dienone is 1. The van der Waals surface area contributed by atoms with Crippen molar-refractivity contribution < 1.29 is 18.0 Å². The van der Waals surface area contributed by atoms with Crippen LogP contribution in [0.25, 0.3) is 0 Å². The molecule has 0 bridgehead atoms. The maximum absolute atomic E-state index is 12.4. The fourth-order valence-electron chi connectivity index (χ4n) is 2.56. The highest BCUT2D eigenvalue weighted by Gasteiger charge is 2.60. The van der Waals surface area contributed by atoms with Gasteiger partial charge in [-0.05, 0) is 25.7 Å². The van der Waals surface area contributed by atoms with Gasteiger partial charge in [0.1, 0.15) is 5.54 Å². The zero-order valence-electron chi connectivity index (χ0n) is 13.1. The maximum Gasteiger partial charge on any atom is 0.259 e. The number of carbonyl (C=O) groups excluding carboxylic acids is 2. The minimum absolute atomic E-state index is 0.136. The monoisotopic (exact) mass is 328 g/mol. The van der Waals surface area contributed by atoms with Gasteiger partial charge in [0.2, 0.25) is 15.9 Å². The average Bonchev–Trinajstić information content (AvgIpc) is 3.28. The lowest BCUT2D eigenvalue weighted by molar-refractivity contribution is -0.128. The third-order valence-electron chi connectivity index (χ3n) is 4.11. The van der Waals surface area contributed by atoms with E-state index in [1.807, 2.05) is 12.2 Å². The normalized spacial score (nSPS) is 27.6. The summed E-state index contributed by atoms with van der Waals surface area (Å²) in [7, 11) is -3.59. The summed E-state index contributed by atoms with van der Waals surface area (Å²) in [5.74, 6) is -1.08. The Hall–Kier alpha value is -1.37. The lowest BCUT2D eigenvalue weighted by atomic mass is 10.1. The van der Waals surface area contributed by atoms with Gasteiger partial charge in [0, 0.05) is 12.8 Å². The van der Waals surface area contributed by atoms with E-state index in [0.717, 1.165) is 19.3 Å². The van der Waals surface area contributed by atoms with E-state index in [1.54, 1.807) is 0 Å². The van der Waals surface area contributed by atoms with Gasteiger partial charge >= 0.3 is 0 Å². The summed E-state index contributed by atoms with van der Waals surface area (Å²) in [5, 5.41) is 2.18.